The average Bonchev–Trinajstić information content (AvgIpc) is 0.690. The molecule has 0 radical (unpaired) electrons. The van der Waals surface area contributed by atoms with Crippen molar-refractivity contribution in [2.45, 2.75) is 105 Å². The van der Waals surface area contributed by atoms with E-state index >= 15 is 0 Å². The van der Waals surface area contributed by atoms with Crippen molar-refractivity contribution in [1.29, 1.82) is 0 Å². The zero-order chi connectivity index (χ0) is 68.3. The van der Waals surface area contributed by atoms with E-state index in [2.05, 4.69) is 384 Å². The summed E-state index contributed by atoms with van der Waals surface area (Å²) in [5, 5.41) is 4.80. The number of hydrogen-bond acceptors (Lipinski definition) is 3. The van der Waals surface area contributed by atoms with Crippen molar-refractivity contribution in [3.63, 3.8) is 0 Å². The summed E-state index contributed by atoms with van der Waals surface area (Å²) in [5.74, 6) is 0. The van der Waals surface area contributed by atoms with Crippen LogP contribution in [0, 0.1) is 0 Å². The van der Waals surface area contributed by atoms with Crippen molar-refractivity contribution in [3.8, 4) is 78.1 Å². The molecule has 2 aliphatic rings. The first-order valence-electron chi connectivity index (χ1n) is 35.2. The third-order valence-corrected chi connectivity index (χ3v) is 20.7. The number of fused-ring (bicyclic) bond motifs is 6. The minimum Gasteiger partial charge on any atom is -0.311 e. The van der Waals surface area contributed by atoms with Gasteiger partial charge in [0, 0.05) is 45.3 Å². The molecular weight excluding hydrogens is 1190 g/mol. The van der Waals surface area contributed by atoms with Crippen molar-refractivity contribution in [2.24, 2.45) is 0 Å². The van der Waals surface area contributed by atoms with Gasteiger partial charge in [-0.05, 0) is 235 Å². The maximum absolute atomic E-state index is 5.92. The second-order valence-corrected chi connectivity index (χ2v) is 31.8. The minimum atomic E-state index is -0.178. The van der Waals surface area contributed by atoms with Crippen LogP contribution in [0.25, 0.3) is 99.7 Å². The van der Waals surface area contributed by atoms with Gasteiger partial charge in [-0.2, -0.15) is 0 Å². The lowest BCUT2D eigenvalue weighted by Gasteiger charge is -2.45. The lowest BCUT2D eigenvalue weighted by molar-refractivity contribution is 0.568. The predicted octanol–water partition coefficient (Wildman–Crippen LogP) is 24.3. The molecule has 14 aromatic rings. The van der Waals surface area contributed by atoms with Crippen LogP contribution in [0.3, 0.4) is 0 Å². The monoisotopic (exact) mass is 1280 g/mol. The van der Waals surface area contributed by atoms with E-state index in [1.54, 1.807) is 0 Å². The number of benzene rings is 13. The summed E-state index contributed by atoms with van der Waals surface area (Å²) in [6.07, 6.45) is 0. The Balaban J connectivity index is 1.08. The predicted molar refractivity (Wildman–Crippen MR) is 426 cm³/mol. The normalized spacial score (nSPS) is 13.0. The van der Waals surface area contributed by atoms with Gasteiger partial charge in [0.1, 0.15) is 0 Å². The van der Waals surface area contributed by atoms with E-state index in [9.17, 15) is 0 Å². The van der Waals surface area contributed by atoms with Crippen LogP contribution in [0.1, 0.15) is 105 Å². The van der Waals surface area contributed by atoms with Gasteiger partial charge < -0.3 is 9.80 Å². The molecule has 0 bridgehead atoms. The highest BCUT2D eigenvalue weighted by molar-refractivity contribution is 7.00. The summed E-state index contributed by atoms with van der Waals surface area (Å²) in [5.41, 5.74) is 30.7. The van der Waals surface area contributed by atoms with E-state index < -0.39 is 0 Å². The van der Waals surface area contributed by atoms with Gasteiger partial charge in [0.05, 0.1) is 11.4 Å². The van der Waals surface area contributed by atoms with Crippen molar-refractivity contribution >= 4 is 78.8 Å². The van der Waals surface area contributed by atoms with Crippen LogP contribution in [0.2, 0.25) is 0 Å². The van der Waals surface area contributed by atoms with Gasteiger partial charge in [-0.1, -0.05) is 277 Å². The molecule has 0 N–H and O–H groups in total. The molecule has 99 heavy (non-hydrogen) atoms. The second-order valence-electron chi connectivity index (χ2n) is 31.8. The van der Waals surface area contributed by atoms with Crippen LogP contribution in [0.4, 0.5) is 34.1 Å². The number of pyridine rings is 1. The zero-order valence-electron chi connectivity index (χ0n) is 59.1. The fourth-order valence-corrected chi connectivity index (χ4v) is 15.0. The van der Waals surface area contributed by atoms with Crippen LogP contribution in [0.15, 0.2) is 291 Å². The molecule has 4 heteroatoms. The largest absolute Gasteiger partial charge is 0.311 e. The van der Waals surface area contributed by atoms with E-state index in [1.165, 1.54) is 60.2 Å². The fourth-order valence-electron chi connectivity index (χ4n) is 15.0. The van der Waals surface area contributed by atoms with E-state index in [4.69, 9.17) is 4.98 Å². The number of nitrogens with zero attached hydrogens (tertiary/aromatic N) is 3. The molecule has 16 rings (SSSR count). The number of hydrogen-bond donors (Lipinski definition) is 0. The lowest BCUT2D eigenvalue weighted by Crippen LogP contribution is -2.61. The maximum atomic E-state index is 5.92. The number of aromatic nitrogens is 1. The number of rotatable bonds is 9. The molecule has 0 fully saturated rings. The molecule has 1 aromatic heterocycles. The Kier molecular flexibility index (Phi) is 15.3. The Hall–Kier alpha value is -10.8. The molecule has 0 unspecified atom stereocenters. The average molecular weight is 1280 g/mol. The molecule has 0 amide bonds. The molecule has 3 nitrogen and oxygen atoms in total. The van der Waals surface area contributed by atoms with Crippen molar-refractivity contribution in [3.05, 3.63) is 313 Å². The fraction of sp³-hybridized carbons (Fsp3) is 0.168. The lowest BCUT2D eigenvalue weighted by atomic mass is 9.33. The SMILES string of the molecule is CC(C)(C)c1cc(-c2cc(-c3cc4c5c(c3)N(c3cc(-c6ccccc6)cc(-c6ccccc6)c3)c3cc6ccccc6cc3B5c3cc5ccccc5cc3N4c3cc(-c4ccccc4)cc(-c4ccccc4)c3)cc(-c3cc(C(C)(C)C)cc(C(C)(C)C)c3)n2)cc(C(C)(C)C)c1. The molecule has 0 aliphatic carbocycles. The molecule has 0 saturated heterocycles. The summed E-state index contributed by atoms with van der Waals surface area (Å²) in [6.45, 7) is 27.8. The van der Waals surface area contributed by atoms with Gasteiger partial charge in [-0.3, -0.25) is 0 Å². The Morgan fingerprint density at radius 3 is 0.808 bits per heavy atom. The van der Waals surface area contributed by atoms with Crippen LogP contribution >= 0.6 is 0 Å². The molecular formula is C95H84BN3. The highest BCUT2D eigenvalue weighted by atomic mass is 15.2. The smallest absolute Gasteiger partial charge is 0.252 e. The Morgan fingerprint density at radius 1 is 0.232 bits per heavy atom. The van der Waals surface area contributed by atoms with Crippen molar-refractivity contribution in [2.75, 3.05) is 9.80 Å². The first kappa shape index (κ1) is 63.0. The topological polar surface area (TPSA) is 19.4 Å². The van der Waals surface area contributed by atoms with Gasteiger partial charge >= 0.3 is 0 Å². The summed E-state index contributed by atoms with van der Waals surface area (Å²) in [7, 11) is 0. The van der Waals surface area contributed by atoms with Gasteiger partial charge in [-0.15, -0.1) is 0 Å². The molecule has 2 aliphatic heterocycles. The standard InChI is InChI=1S/C95H84BN3/c1-92(2,3)77-43-75(44-78(59-77)93(4,5)6)85-53-73(54-86(97-85)76-45-79(94(7,8)9)60-80(46-76)95(10,11)12)74-57-89-91-90(58-74)99(82-49-71(63-33-21-15-22-34-63)42-72(50-82)64-35-23-16-24-36-64)88-56-68-40-28-26-38-66(68)52-84(88)96(91)83-51-65-37-25-27-39-67(65)55-87(83)98(89)81-47-69(61-29-17-13-18-30-61)41-70(48-81)62-31-19-14-20-32-62/h13-60H,1-12H3. The number of anilines is 6. The summed E-state index contributed by atoms with van der Waals surface area (Å²) < 4.78 is 0. The molecule has 0 atom stereocenters. The molecule has 13 aromatic carbocycles. The van der Waals surface area contributed by atoms with Crippen LogP contribution in [0.5, 0.6) is 0 Å². The van der Waals surface area contributed by atoms with Crippen molar-refractivity contribution < 1.29 is 0 Å². The Bertz CT molecular complexity index is 4960. The maximum Gasteiger partial charge on any atom is 0.252 e. The summed E-state index contributed by atoms with van der Waals surface area (Å²) >= 11 is 0. The van der Waals surface area contributed by atoms with Crippen LogP contribution in [-0.2, 0) is 21.7 Å². The summed E-state index contributed by atoms with van der Waals surface area (Å²) in [6, 6.07) is 111. The Labute approximate surface area is 586 Å². The first-order valence-corrected chi connectivity index (χ1v) is 35.2. The molecule has 0 spiro atoms. The third kappa shape index (κ3) is 11.8. The van der Waals surface area contributed by atoms with E-state index in [-0.39, 0.29) is 28.4 Å². The zero-order valence-corrected chi connectivity index (χ0v) is 59.1. The third-order valence-electron chi connectivity index (χ3n) is 20.7. The van der Waals surface area contributed by atoms with E-state index in [1.807, 2.05) is 0 Å². The van der Waals surface area contributed by atoms with Gasteiger partial charge in [-0.25, -0.2) is 4.98 Å². The van der Waals surface area contributed by atoms with Gasteiger partial charge in [0.15, 0.2) is 0 Å². The molecule has 0 saturated carbocycles. The quantitative estimate of drug-likeness (QED) is 0.134. The Morgan fingerprint density at radius 2 is 0.505 bits per heavy atom. The first-order chi connectivity index (χ1) is 47.5. The van der Waals surface area contributed by atoms with E-state index in [0.29, 0.717) is 0 Å². The molecule has 3 heterocycles. The minimum absolute atomic E-state index is 0.122. The van der Waals surface area contributed by atoms with Gasteiger partial charge in [0.25, 0.3) is 6.71 Å². The summed E-state index contributed by atoms with van der Waals surface area (Å²) in [4.78, 5) is 11.2. The molecule has 482 valence electrons. The van der Waals surface area contributed by atoms with Gasteiger partial charge in [0.2, 0.25) is 0 Å². The second kappa shape index (κ2) is 24.0. The van der Waals surface area contributed by atoms with E-state index in [0.717, 1.165) is 112 Å². The highest BCUT2D eigenvalue weighted by Crippen LogP contribution is 2.51. The van der Waals surface area contributed by atoms with Crippen molar-refractivity contribution in [1.82, 2.24) is 4.98 Å². The van der Waals surface area contributed by atoms with Crippen LogP contribution < -0.4 is 26.2 Å². The van der Waals surface area contributed by atoms with Crippen LogP contribution in [-0.4, -0.2) is 11.7 Å². The highest BCUT2D eigenvalue weighted by Gasteiger charge is 2.45.